The minimum absolute atomic E-state index is 0.00684. The zero-order chi connectivity index (χ0) is 10.8. The molecule has 4 nitrogen and oxygen atoms in total. The molecule has 0 aromatic heterocycles. The molecule has 2 rings (SSSR count). The minimum atomic E-state index is -0.122. The van der Waals surface area contributed by atoms with E-state index in [9.17, 15) is 9.59 Å². The topological polar surface area (TPSA) is 49.4 Å². The van der Waals surface area contributed by atoms with E-state index in [4.69, 9.17) is 0 Å². The van der Waals surface area contributed by atoms with Crippen molar-refractivity contribution in [1.29, 1.82) is 0 Å². The molecule has 2 unspecified atom stereocenters. The molecule has 0 saturated carbocycles. The molecule has 2 aliphatic rings. The maximum Gasteiger partial charge on any atom is 0.228 e. The maximum absolute atomic E-state index is 12.1. The first-order valence-electron chi connectivity index (χ1n) is 5.33. The van der Waals surface area contributed by atoms with Crippen LogP contribution in [0.5, 0.6) is 0 Å². The summed E-state index contributed by atoms with van der Waals surface area (Å²) in [6.45, 7) is 3.43. The first kappa shape index (κ1) is 10.8. The van der Waals surface area contributed by atoms with Crippen molar-refractivity contribution < 1.29 is 9.59 Å². The van der Waals surface area contributed by atoms with Gasteiger partial charge in [-0.05, 0) is 6.92 Å². The quantitative estimate of drug-likeness (QED) is 0.692. The van der Waals surface area contributed by atoms with E-state index in [-0.39, 0.29) is 17.7 Å². The maximum atomic E-state index is 12.1. The Morgan fingerprint density at radius 1 is 1.60 bits per heavy atom. The van der Waals surface area contributed by atoms with E-state index in [1.54, 1.807) is 0 Å². The molecule has 1 N–H and O–H groups in total. The van der Waals surface area contributed by atoms with E-state index in [0.717, 1.165) is 18.1 Å². The van der Waals surface area contributed by atoms with Gasteiger partial charge in [0.15, 0.2) is 0 Å². The second kappa shape index (κ2) is 4.43. The number of nitrogens with one attached hydrogen (secondary N) is 1. The molecular formula is C10H16N2O2S. The summed E-state index contributed by atoms with van der Waals surface area (Å²) in [5.74, 6) is 2.07. The molecule has 0 radical (unpaired) electrons. The van der Waals surface area contributed by atoms with Gasteiger partial charge in [0.1, 0.15) is 0 Å². The van der Waals surface area contributed by atoms with E-state index < -0.39 is 0 Å². The first-order chi connectivity index (χ1) is 7.18. The Morgan fingerprint density at radius 3 is 3.00 bits per heavy atom. The largest absolute Gasteiger partial charge is 0.355 e. The van der Waals surface area contributed by atoms with Gasteiger partial charge < -0.3 is 10.2 Å². The number of nitrogens with zero attached hydrogens (tertiary/aromatic N) is 1. The normalized spacial score (nSPS) is 31.5. The van der Waals surface area contributed by atoms with Crippen LogP contribution in [0.3, 0.4) is 0 Å². The summed E-state index contributed by atoms with van der Waals surface area (Å²) in [5, 5.41) is 2.71. The van der Waals surface area contributed by atoms with Crippen LogP contribution in [0.4, 0.5) is 0 Å². The zero-order valence-electron chi connectivity index (χ0n) is 8.86. The van der Waals surface area contributed by atoms with Crippen molar-refractivity contribution in [1.82, 2.24) is 10.2 Å². The van der Waals surface area contributed by atoms with Crippen molar-refractivity contribution in [3.63, 3.8) is 0 Å². The van der Waals surface area contributed by atoms with Gasteiger partial charge in [-0.15, -0.1) is 0 Å². The molecule has 0 bridgehead atoms. The second-order valence-corrected chi connectivity index (χ2v) is 5.31. The number of hydrogen-bond acceptors (Lipinski definition) is 3. The molecule has 5 heteroatoms. The molecular weight excluding hydrogens is 212 g/mol. The molecule has 0 aromatic carbocycles. The van der Waals surface area contributed by atoms with E-state index in [1.165, 1.54) is 0 Å². The molecule has 0 aromatic rings. The highest BCUT2D eigenvalue weighted by molar-refractivity contribution is 7.99. The number of rotatable bonds is 1. The Morgan fingerprint density at radius 2 is 2.40 bits per heavy atom. The van der Waals surface area contributed by atoms with Gasteiger partial charge in [-0.3, -0.25) is 9.59 Å². The third-order valence-electron chi connectivity index (χ3n) is 2.98. The van der Waals surface area contributed by atoms with E-state index in [1.807, 2.05) is 16.7 Å². The van der Waals surface area contributed by atoms with Crippen LogP contribution < -0.4 is 5.32 Å². The fourth-order valence-corrected chi connectivity index (χ4v) is 3.08. The van der Waals surface area contributed by atoms with Crippen molar-refractivity contribution in [3.05, 3.63) is 0 Å². The van der Waals surface area contributed by atoms with Crippen molar-refractivity contribution in [3.8, 4) is 0 Å². The van der Waals surface area contributed by atoms with Crippen LogP contribution in [0.25, 0.3) is 0 Å². The van der Waals surface area contributed by atoms with Crippen molar-refractivity contribution in [2.75, 3.05) is 24.6 Å². The number of carbonyl (C=O) groups is 2. The SMILES string of the molecule is CC1CSCCN1C(=O)C1CNC(=O)C1. The monoisotopic (exact) mass is 228 g/mol. The van der Waals surface area contributed by atoms with E-state index in [2.05, 4.69) is 12.2 Å². The van der Waals surface area contributed by atoms with Gasteiger partial charge in [0.25, 0.3) is 0 Å². The molecule has 0 aliphatic carbocycles. The average molecular weight is 228 g/mol. The van der Waals surface area contributed by atoms with E-state index >= 15 is 0 Å². The lowest BCUT2D eigenvalue weighted by Gasteiger charge is -2.34. The molecule has 84 valence electrons. The molecule has 15 heavy (non-hydrogen) atoms. The van der Waals surface area contributed by atoms with Crippen molar-refractivity contribution >= 4 is 23.6 Å². The van der Waals surface area contributed by atoms with Crippen LogP contribution in [0.15, 0.2) is 0 Å². The van der Waals surface area contributed by atoms with Crippen LogP contribution in [-0.4, -0.2) is 47.4 Å². The van der Waals surface area contributed by atoms with Crippen molar-refractivity contribution in [2.24, 2.45) is 5.92 Å². The summed E-state index contributed by atoms with van der Waals surface area (Å²) in [5.41, 5.74) is 0. The van der Waals surface area contributed by atoms with Gasteiger partial charge in [0.2, 0.25) is 11.8 Å². The summed E-state index contributed by atoms with van der Waals surface area (Å²) >= 11 is 1.89. The van der Waals surface area contributed by atoms with Crippen LogP contribution in [0, 0.1) is 5.92 Å². The lowest BCUT2D eigenvalue weighted by molar-refractivity contribution is -0.137. The van der Waals surface area contributed by atoms with Crippen LogP contribution in [0.2, 0.25) is 0 Å². The predicted molar refractivity (Wildman–Crippen MR) is 59.6 cm³/mol. The molecule has 2 heterocycles. The van der Waals surface area contributed by atoms with Gasteiger partial charge in [-0.2, -0.15) is 11.8 Å². The third-order valence-corrected chi connectivity index (χ3v) is 4.17. The lowest BCUT2D eigenvalue weighted by Crippen LogP contribution is -2.47. The molecule has 2 atom stereocenters. The van der Waals surface area contributed by atoms with Crippen LogP contribution >= 0.6 is 11.8 Å². The Labute approximate surface area is 93.8 Å². The summed E-state index contributed by atoms with van der Waals surface area (Å²) in [7, 11) is 0. The summed E-state index contributed by atoms with van der Waals surface area (Å²) in [4.78, 5) is 25.0. The van der Waals surface area contributed by atoms with Gasteiger partial charge in [-0.25, -0.2) is 0 Å². The van der Waals surface area contributed by atoms with Crippen molar-refractivity contribution in [2.45, 2.75) is 19.4 Å². The average Bonchev–Trinajstić information content (AvgIpc) is 2.65. The van der Waals surface area contributed by atoms with Gasteiger partial charge in [-0.1, -0.05) is 0 Å². The summed E-state index contributed by atoms with van der Waals surface area (Å²) in [6, 6.07) is 0.312. The highest BCUT2D eigenvalue weighted by Crippen LogP contribution is 2.20. The second-order valence-electron chi connectivity index (χ2n) is 4.16. The number of thioether (sulfide) groups is 1. The summed E-state index contributed by atoms with van der Waals surface area (Å²) in [6.07, 6.45) is 0.370. The highest BCUT2D eigenvalue weighted by Gasteiger charge is 2.33. The third kappa shape index (κ3) is 2.27. The number of amides is 2. The molecule has 2 aliphatic heterocycles. The highest BCUT2D eigenvalue weighted by atomic mass is 32.2. The Hall–Kier alpha value is -0.710. The fourth-order valence-electron chi connectivity index (χ4n) is 2.07. The predicted octanol–water partition coefficient (Wildman–Crippen LogP) is 0.0864. The first-order valence-corrected chi connectivity index (χ1v) is 6.49. The minimum Gasteiger partial charge on any atom is -0.355 e. The molecule has 2 saturated heterocycles. The lowest BCUT2D eigenvalue weighted by atomic mass is 10.1. The number of hydrogen-bond donors (Lipinski definition) is 1. The van der Waals surface area contributed by atoms with E-state index in [0.29, 0.717) is 19.0 Å². The smallest absolute Gasteiger partial charge is 0.228 e. The Balaban J connectivity index is 1.97. The zero-order valence-corrected chi connectivity index (χ0v) is 9.68. The molecule has 2 fully saturated rings. The van der Waals surface area contributed by atoms with Gasteiger partial charge >= 0.3 is 0 Å². The molecule has 0 spiro atoms. The van der Waals surface area contributed by atoms with Crippen LogP contribution in [0.1, 0.15) is 13.3 Å². The number of carbonyl (C=O) groups excluding carboxylic acids is 2. The molecule has 2 amide bonds. The Bertz CT molecular complexity index is 283. The standard InChI is InChI=1S/C10H16N2O2S/c1-7-6-15-3-2-12(7)10(14)8-4-9(13)11-5-8/h7-8H,2-6H2,1H3,(H,11,13). The van der Waals surface area contributed by atoms with Gasteiger partial charge in [0, 0.05) is 37.1 Å². The Kier molecular flexibility index (Phi) is 3.19. The fraction of sp³-hybridized carbons (Fsp3) is 0.800. The summed E-state index contributed by atoms with van der Waals surface area (Å²) < 4.78 is 0. The van der Waals surface area contributed by atoms with Gasteiger partial charge in [0.05, 0.1) is 5.92 Å². The van der Waals surface area contributed by atoms with Crippen LogP contribution in [-0.2, 0) is 9.59 Å².